The molecule has 1 aliphatic rings. The van der Waals surface area contributed by atoms with Gasteiger partial charge < -0.3 is 19.5 Å². The van der Waals surface area contributed by atoms with E-state index in [1.165, 1.54) is 11.3 Å². The summed E-state index contributed by atoms with van der Waals surface area (Å²) in [5, 5.41) is 5.64. The highest BCUT2D eigenvalue weighted by Gasteiger charge is 2.30. The topological polar surface area (TPSA) is 69.7 Å². The van der Waals surface area contributed by atoms with E-state index in [0.717, 1.165) is 16.5 Å². The molecule has 0 bridgehead atoms. The second-order valence-corrected chi connectivity index (χ2v) is 6.88. The summed E-state index contributed by atoms with van der Waals surface area (Å²) in [4.78, 5) is 16.5. The van der Waals surface area contributed by atoms with Gasteiger partial charge in [0, 0.05) is 18.3 Å². The Morgan fingerprint density at radius 2 is 2.08 bits per heavy atom. The van der Waals surface area contributed by atoms with Crippen LogP contribution in [0, 0.1) is 0 Å². The summed E-state index contributed by atoms with van der Waals surface area (Å²) < 4.78 is 16.7. The number of nitrogens with zero attached hydrogens (tertiary/aromatic N) is 1. The van der Waals surface area contributed by atoms with Crippen molar-refractivity contribution < 1.29 is 19.0 Å². The molecule has 0 spiro atoms. The van der Waals surface area contributed by atoms with Gasteiger partial charge in [0.1, 0.15) is 17.4 Å². The lowest BCUT2D eigenvalue weighted by Gasteiger charge is -2.22. The zero-order valence-corrected chi connectivity index (χ0v) is 15.0. The van der Waals surface area contributed by atoms with Crippen LogP contribution in [0.2, 0.25) is 0 Å². The molecule has 134 valence electrons. The second-order valence-electron chi connectivity index (χ2n) is 5.94. The average Bonchev–Trinajstić information content (AvgIpc) is 3.23. The van der Waals surface area contributed by atoms with Gasteiger partial charge in [-0.15, -0.1) is 11.3 Å². The molecule has 0 aliphatic carbocycles. The normalized spacial score (nSPS) is 15.9. The lowest BCUT2D eigenvalue weighted by atomic mass is 10.2. The summed E-state index contributed by atoms with van der Waals surface area (Å²) in [6.45, 7) is 4.03. The lowest BCUT2D eigenvalue weighted by molar-refractivity contribution is -0.146. The first-order valence-electron chi connectivity index (χ1n) is 8.29. The Hall–Kier alpha value is -1.96. The van der Waals surface area contributed by atoms with Crippen molar-refractivity contribution in [3.8, 4) is 5.75 Å². The van der Waals surface area contributed by atoms with Gasteiger partial charge in [0.05, 0.1) is 25.3 Å². The molecule has 6 nitrogen and oxygen atoms in total. The van der Waals surface area contributed by atoms with E-state index in [2.05, 4.69) is 10.3 Å². The Labute approximate surface area is 151 Å². The van der Waals surface area contributed by atoms with Crippen LogP contribution in [-0.4, -0.2) is 36.4 Å². The molecule has 7 heteroatoms. The fraction of sp³-hybridized carbons (Fsp3) is 0.444. The number of para-hydroxylation sites is 1. The third kappa shape index (κ3) is 5.52. The van der Waals surface area contributed by atoms with Gasteiger partial charge in [-0.3, -0.25) is 4.79 Å². The zero-order chi connectivity index (χ0) is 17.5. The predicted molar refractivity (Wildman–Crippen MR) is 94.5 cm³/mol. The van der Waals surface area contributed by atoms with Crippen molar-refractivity contribution in [2.45, 2.75) is 32.2 Å². The number of aromatic nitrogens is 1. The molecule has 2 heterocycles. The first-order valence-corrected chi connectivity index (χ1v) is 9.17. The minimum absolute atomic E-state index is 0.0533. The Balaban J connectivity index is 1.39. The molecule has 25 heavy (non-hydrogen) atoms. The maximum absolute atomic E-state index is 12.0. The molecule has 3 rings (SSSR count). The summed E-state index contributed by atoms with van der Waals surface area (Å²) in [7, 11) is 0. The number of hydrogen-bond acceptors (Lipinski definition) is 6. The van der Waals surface area contributed by atoms with E-state index in [1.54, 1.807) is 0 Å². The highest BCUT2D eigenvalue weighted by Crippen LogP contribution is 2.21. The smallest absolute Gasteiger partial charge is 0.226 e. The van der Waals surface area contributed by atoms with Gasteiger partial charge in [0.25, 0.3) is 0 Å². The highest BCUT2D eigenvalue weighted by atomic mass is 32.1. The largest absolute Gasteiger partial charge is 0.486 e. The molecule has 0 radical (unpaired) electrons. The van der Waals surface area contributed by atoms with Crippen LogP contribution in [0.5, 0.6) is 5.75 Å². The van der Waals surface area contributed by atoms with Crippen LogP contribution in [0.3, 0.4) is 0 Å². The van der Waals surface area contributed by atoms with Crippen LogP contribution in [0.4, 0.5) is 0 Å². The van der Waals surface area contributed by atoms with Crippen molar-refractivity contribution in [3.05, 3.63) is 46.4 Å². The van der Waals surface area contributed by atoms with Gasteiger partial charge in [-0.05, 0) is 19.1 Å². The number of carbonyl (C=O) groups is 1. The third-order valence-corrected chi connectivity index (χ3v) is 4.72. The first-order chi connectivity index (χ1) is 12.1. The maximum Gasteiger partial charge on any atom is 0.226 e. The summed E-state index contributed by atoms with van der Waals surface area (Å²) >= 11 is 1.50. The van der Waals surface area contributed by atoms with Crippen LogP contribution >= 0.6 is 11.3 Å². The van der Waals surface area contributed by atoms with Gasteiger partial charge in [0.15, 0.2) is 5.79 Å². The molecule has 0 atom stereocenters. The number of hydrogen-bond donors (Lipinski definition) is 1. The standard InChI is InChI=1S/C18H22N2O4S/c1-18(23-9-10-24-18)7-8-19-16(21)11-14-13-25-17(20-14)12-22-15-5-3-2-4-6-15/h2-6,13H,7-12H2,1H3,(H,19,21). The fourth-order valence-corrected chi connectivity index (χ4v) is 3.22. The summed E-state index contributed by atoms with van der Waals surface area (Å²) in [6, 6.07) is 9.60. The second kappa shape index (κ2) is 8.42. The van der Waals surface area contributed by atoms with Gasteiger partial charge >= 0.3 is 0 Å². The number of carbonyl (C=O) groups excluding carboxylic acids is 1. The van der Waals surface area contributed by atoms with Crippen LogP contribution in [0.25, 0.3) is 0 Å². The van der Waals surface area contributed by atoms with E-state index in [4.69, 9.17) is 14.2 Å². The first kappa shape index (κ1) is 17.8. The molecular weight excluding hydrogens is 340 g/mol. The van der Waals surface area contributed by atoms with E-state index < -0.39 is 5.79 Å². The predicted octanol–water partition coefficient (Wildman–Crippen LogP) is 2.53. The monoisotopic (exact) mass is 362 g/mol. The van der Waals surface area contributed by atoms with E-state index >= 15 is 0 Å². The van der Waals surface area contributed by atoms with Gasteiger partial charge in [-0.25, -0.2) is 4.98 Å². The Morgan fingerprint density at radius 3 is 2.84 bits per heavy atom. The molecule has 1 aromatic heterocycles. The van der Waals surface area contributed by atoms with Crippen molar-refractivity contribution in [3.63, 3.8) is 0 Å². The van der Waals surface area contributed by atoms with E-state index in [0.29, 0.717) is 32.8 Å². The van der Waals surface area contributed by atoms with E-state index in [-0.39, 0.29) is 12.3 Å². The van der Waals surface area contributed by atoms with Crippen LogP contribution in [-0.2, 0) is 27.3 Å². The van der Waals surface area contributed by atoms with E-state index in [9.17, 15) is 4.79 Å². The molecule has 0 saturated carbocycles. The number of thiazole rings is 1. The Kier molecular flexibility index (Phi) is 6.01. The fourth-order valence-electron chi connectivity index (χ4n) is 2.52. The summed E-state index contributed by atoms with van der Waals surface area (Å²) in [6.07, 6.45) is 0.895. The minimum atomic E-state index is -0.574. The van der Waals surface area contributed by atoms with Gasteiger partial charge in [-0.2, -0.15) is 0 Å². The van der Waals surface area contributed by atoms with Gasteiger partial charge in [-0.1, -0.05) is 18.2 Å². The minimum Gasteiger partial charge on any atom is -0.486 e. The molecule has 2 aromatic rings. The number of rotatable bonds is 8. The number of amides is 1. The number of ether oxygens (including phenoxy) is 3. The lowest BCUT2D eigenvalue weighted by Crippen LogP contribution is -2.34. The van der Waals surface area contributed by atoms with Crippen LogP contribution in [0.15, 0.2) is 35.7 Å². The molecular formula is C18H22N2O4S. The quantitative estimate of drug-likeness (QED) is 0.781. The summed E-state index contributed by atoms with van der Waals surface area (Å²) in [5.41, 5.74) is 0.758. The molecule has 0 unspecified atom stereocenters. The van der Waals surface area contributed by atoms with Crippen molar-refractivity contribution in [2.24, 2.45) is 0 Å². The maximum atomic E-state index is 12.0. The molecule has 1 N–H and O–H groups in total. The third-order valence-electron chi connectivity index (χ3n) is 3.85. The van der Waals surface area contributed by atoms with Crippen molar-refractivity contribution in [1.29, 1.82) is 0 Å². The molecule has 1 amide bonds. The Bertz CT molecular complexity index is 683. The number of benzene rings is 1. The van der Waals surface area contributed by atoms with Crippen LogP contribution < -0.4 is 10.1 Å². The van der Waals surface area contributed by atoms with Crippen molar-refractivity contribution >= 4 is 17.2 Å². The summed E-state index contributed by atoms with van der Waals surface area (Å²) in [5.74, 6) is 0.180. The SMILES string of the molecule is CC1(CCNC(=O)Cc2csc(COc3ccccc3)n2)OCCO1. The zero-order valence-electron chi connectivity index (χ0n) is 14.2. The molecule has 1 aliphatic heterocycles. The highest BCUT2D eigenvalue weighted by molar-refractivity contribution is 7.09. The average molecular weight is 362 g/mol. The van der Waals surface area contributed by atoms with Crippen molar-refractivity contribution in [2.75, 3.05) is 19.8 Å². The Morgan fingerprint density at radius 1 is 1.32 bits per heavy atom. The molecule has 1 saturated heterocycles. The number of nitrogens with one attached hydrogen (secondary N) is 1. The van der Waals surface area contributed by atoms with Crippen molar-refractivity contribution in [1.82, 2.24) is 10.3 Å². The molecule has 1 aromatic carbocycles. The van der Waals surface area contributed by atoms with Gasteiger partial charge in [0.2, 0.25) is 5.91 Å². The van der Waals surface area contributed by atoms with E-state index in [1.807, 2.05) is 42.6 Å². The molecule has 1 fully saturated rings. The van der Waals surface area contributed by atoms with Crippen LogP contribution in [0.1, 0.15) is 24.0 Å².